The van der Waals surface area contributed by atoms with Crippen LogP contribution in [-0.2, 0) is 6.42 Å². The van der Waals surface area contributed by atoms with Crippen LogP contribution in [0.3, 0.4) is 0 Å². The smallest absolute Gasteiger partial charge is 0.124 e. The lowest BCUT2D eigenvalue weighted by Gasteiger charge is -2.17. The van der Waals surface area contributed by atoms with Gasteiger partial charge in [-0.05, 0) is 36.8 Å². The Labute approximate surface area is 123 Å². The van der Waals surface area contributed by atoms with E-state index in [1.165, 1.54) is 0 Å². The maximum Gasteiger partial charge on any atom is 0.124 e. The number of anilines is 1. The summed E-state index contributed by atoms with van der Waals surface area (Å²) < 4.78 is 2.13. The van der Waals surface area contributed by atoms with Crippen LogP contribution in [0.5, 0.6) is 0 Å². The minimum Gasteiger partial charge on any atom is -0.399 e. The highest BCUT2D eigenvalue weighted by atomic mass is 15.1. The van der Waals surface area contributed by atoms with Gasteiger partial charge in [0.2, 0.25) is 0 Å². The van der Waals surface area contributed by atoms with Crippen molar-refractivity contribution in [2.75, 3.05) is 5.73 Å². The quantitative estimate of drug-likeness (QED) is 0.746. The van der Waals surface area contributed by atoms with Crippen LogP contribution in [0.15, 0.2) is 48.5 Å². The summed E-state index contributed by atoms with van der Waals surface area (Å²) in [5.74, 6) is 0.794. The monoisotopic (exact) mass is 276 g/mol. The third kappa shape index (κ3) is 2.34. The molecule has 0 aliphatic carbocycles. The molecular formula is C17H16N4. The summed E-state index contributed by atoms with van der Waals surface area (Å²) in [5, 5.41) is 9.04. The summed E-state index contributed by atoms with van der Waals surface area (Å²) in [5.41, 5.74) is 9.61. The number of nitrogen functional groups attached to an aromatic ring is 1. The normalized spacial score (nSPS) is 12.2. The number of nitriles is 1. The van der Waals surface area contributed by atoms with Crippen LogP contribution in [0.2, 0.25) is 0 Å². The molecule has 0 aliphatic rings. The van der Waals surface area contributed by atoms with Gasteiger partial charge in [0, 0.05) is 5.69 Å². The Morgan fingerprint density at radius 1 is 1.19 bits per heavy atom. The number of rotatable bonds is 3. The molecule has 21 heavy (non-hydrogen) atoms. The Balaban J connectivity index is 2.15. The maximum absolute atomic E-state index is 9.04. The van der Waals surface area contributed by atoms with Crippen molar-refractivity contribution >= 4 is 16.7 Å². The lowest BCUT2D eigenvalue weighted by molar-refractivity contribution is 0.630. The predicted molar refractivity (Wildman–Crippen MR) is 83.7 cm³/mol. The number of imidazole rings is 1. The molecule has 1 unspecified atom stereocenters. The fourth-order valence-electron chi connectivity index (χ4n) is 2.65. The van der Waals surface area contributed by atoms with Gasteiger partial charge in [-0.3, -0.25) is 0 Å². The third-order valence-corrected chi connectivity index (χ3v) is 3.71. The fourth-order valence-corrected chi connectivity index (χ4v) is 2.65. The number of fused-ring (bicyclic) bond motifs is 1. The topological polar surface area (TPSA) is 67.6 Å². The Bertz CT molecular complexity index is 809. The first kappa shape index (κ1) is 13.2. The molecule has 0 saturated carbocycles. The van der Waals surface area contributed by atoms with Gasteiger partial charge in [0.15, 0.2) is 0 Å². The first-order valence-corrected chi connectivity index (χ1v) is 6.89. The Hall–Kier alpha value is -2.80. The van der Waals surface area contributed by atoms with Crippen molar-refractivity contribution in [1.29, 1.82) is 5.26 Å². The predicted octanol–water partition coefficient (Wildman–Crippen LogP) is 3.29. The second-order valence-corrected chi connectivity index (χ2v) is 5.06. The molecule has 0 spiro atoms. The average molecular weight is 276 g/mol. The van der Waals surface area contributed by atoms with Gasteiger partial charge in [-0.25, -0.2) is 4.98 Å². The molecule has 0 saturated heterocycles. The maximum atomic E-state index is 9.04. The van der Waals surface area contributed by atoms with Crippen molar-refractivity contribution < 1.29 is 0 Å². The summed E-state index contributed by atoms with van der Waals surface area (Å²) in [6.45, 7) is 2.11. The summed E-state index contributed by atoms with van der Waals surface area (Å²) in [6, 6.07) is 18.1. The van der Waals surface area contributed by atoms with E-state index in [0.29, 0.717) is 6.42 Å². The van der Waals surface area contributed by atoms with Crippen molar-refractivity contribution in [3.63, 3.8) is 0 Å². The molecule has 3 aromatic rings. The van der Waals surface area contributed by atoms with Crippen LogP contribution in [0.25, 0.3) is 11.0 Å². The molecule has 1 aromatic heterocycles. The van der Waals surface area contributed by atoms with Gasteiger partial charge in [0.1, 0.15) is 5.82 Å². The molecule has 104 valence electrons. The minimum atomic E-state index is 0.0985. The Morgan fingerprint density at radius 2 is 1.90 bits per heavy atom. The zero-order valence-corrected chi connectivity index (χ0v) is 11.8. The van der Waals surface area contributed by atoms with Crippen LogP contribution < -0.4 is 5.73 Å². The second kappa shape index (κ2) is 5.29. The van der Waals surface area contributed by atoms with Crippen molar-refractivity contribution in [2.24, 2.45) is 0 Å². The largest absolute Gasteiger partial charge is 0.399 e. The van der Waals surface area contributed by atoms with Gasteiger partial charge >= 0.3 is 0 Å². The van der Waals surface area contributed by atoms with E-state index in [1.807, 2.05) is 48.5 Å². The third-order valence-electron chi connectivity index (χ3n) is 3.71. The number of nitrogens with two attached hydrogens (primary N) is 1. The SMILES string of the molecule is CC(c1ccc(N)cc1)n1c(CC#N)nc2ccccc21. The van der Waals surface area contributed by atoms with Crippen molar-refractivity contribution in [2.45, 2.75) is 19.4 Å². The van der Waals surface area contributed by atoms with Gasteiger partial charge in [-0.2, -0.15) is 5.26 Å². The number of nitrogens with zero attached hydrogens (tertiary/aromatic N) is 3. The molecule has 1 heterocycles. The summed E-state index contributed by atoms with van der Waals surface area (Å²) in [6.07, 6.45) is 0.300. The van der Waals surface area contributed by atoms with Gasteiger partial charge < -0.3 is 10.3 Å². The number of benzene rings is 2. The van der Waals surface area contributed by atoms with Crippen LogP contribution in [0, 0.1) is 11.3 Å². The van der Waals surface area contributed by atoms with Crippen molar-refractivity contribution in [3.8, 4) is 6.07 Å². The van der Waals surface area contributed by atoms with E-state index in [-0.39, 0.29) is 6.04 Å². The molecule has 0 aliphatic heterocycles. The fraction of sp³-hybridized carbons (Fsp3) is 0.176. The molecule has 2 aromatic carbocycles. The van der Waals surface area contributed by atoms with E-state index >= 15 is 0 Å². The Morgan fingerprint density at radius 3 is 2.62 bits per heavy atom. The molecule has 1 atom stereocenters. The molecule has 0 radical (unpaired) electrons. The van der Waals surface area contributed by atoms with Gasteiger partial charge in [-0.1, -0.05) is 24.3 Å². The molecule has 2 N–H and O–H groups in total. The lowest BCUT2D eigenvalue weighted by Crippen LogP contribution is -2.10. The number of hydrogen-bond donors (Lipinski definition) is 1. The number of hydrogen-bond acceptors (Lipinski definition) is 3. The molecule has 4 heteroatoms. The van der Waals surface area contributed by atoms with E-state index < -0.39 is 0 Å². The van der Waals surface area contributed by atoms with Crippen molar-refractivity contribution in [1.82, 2.24) is 9.55 Å². The highest BCUT2D eigenvalue weighted by molar-refractivity contribution is 5.76. The molecule has 0 amide bonds. The van der Waals surface area contributed by atoms with Crippen LogP contribution in [0.1, 0.15) is 24.4 Å². The molecule has 0 fully saturated rings. The average Bonchev–Trinajstić information content (AvgIpc) is 2.85. The van der Waals surface area contributed by atoms with Crippen LogP contribution in [-0.4, -0.2) is 9.55 Å². The number of aromatic nitrogens is 2. The van der Waals surface area contributed by atoms with Crippen molar-refractivity contribution in [3.05, 3.63) is 59.9 Å². The highest BCUT2D eigenvalue weighted by Crippen LogP contribution is 2.26. The molecular weight excluding hydrogens is 260 g/mol. The van der Waals surface area contributed by atoms with Crippen LogP contribution >= 0.6 is 0 Å². The summed E-state index contributed by atoms with van der Waals surface area (Å²) >= 11 is 0. The summed E-state index contributed by atoms with van der Waals surface area (Å²) in [4.78, 5) is 4.58. The molecule has 3 rings (SSSR count). The highest BCUT2D eigenvalue weighted by Gasteiger charge is 2.16. The van der Waals surface area contributed by atoms with Gasteiger partial charge in [-0.15, -0.1) is 0 Å². The second-order valence-electron chi connectivity index (χ2n) is 5.06. The van der Waals surface area contributed by atoms with E-state index in [0.717, 1.165) is 28.1 Å². The van der Waals surface area contributed by atoms with E-state index in [1.54, 1.807) is 0 Å². The van der Waals surface area contributed by atoms with Crippen LogP contribution in [0.4, 0.5) is 5.69 Å². The Kier molecular flexibility index (Phi) is 3.33. The molecule has 4 nitrogen and oxygen atoms in total. The lowest BCUT2D eigenvalue weighted by atomic mass is 10.1. The zero-order chi connectivity index (χ0) is 14.8. The van der Waals surface area contributed by atoms with Gasteiger partial charge in [0.25, 0.3) is 0 Å². The standard InChI is InChI=1S/C17H16N4/c1-12(13-6-8-14(19)9-7-13)21-16-5-3-2-4-15(16)20-17(21)10-11-18/h2-9,12H,10,19H2,1H3. The minimum absolute atomic E-state index is 0.0985. The first-order valence-electron chi connectivity index (χ1n) is 6.89. The summed E-state index contributed by atoms with van der Waals surface area (Å²) in [7, 11) is 0. The zero-order valence-electron chi connectivity index (χ0n) is 11.8. The van der Waals surface area contributed by atoms with Gasteiger partial charge in [0.05, 0.1) is 29.6 Å². The molecule has 0 bridgehead atoms. The first-order chi connectivity index (χ1) is 10.2. The van der Waals surface area contributed by atoms with E-state index in [4.69, 9.17) is 11.0 Å². The van der Waals surface area contributed by atoms with E-state index in [9.17, 15) is 0 Å². The van der Waals surface area contributed by atoms with E-state index in [2.05, 4.69) is 22.5 Å². The number of para-hydroxylation sites is 2.